The van der Waals surface area contributed by atoms with Crippen molar-refractivity contribution in [3.63, 3.8) is 0 Å². The van der Waals surface area contributed by atoms with Crippen LogP contribution in [0.4, 0.5) is 10.1 Å². The Morgan fingerprint density at radius 1 is 0.923 bits per heavy atom. The molecule has 3 aromatic carbocycles. The number of nitrogens with zero attached hydrogens (tertiary/aromatic N) is 3. The van der Waals surface area contributed by atoms with Crippen LogP contribution in [0.1, 0.15) is 11.6 Å². The zero-order valence-corrected chi connectivity index (χ0v) is 22.1. The van der Waals surface area contributed by atoms with Crippen LogP contribution in [0.2, 0.25) is 0 Å². The van der Waals surface area contributed by atoms with Crippen molar-refractivity contribution >= 4 is 28.4 Å². The molecule has 39 heavy (non-hydrogen) atoms. The van der Waals surface area contributed by atoms with Gasteiger partial charge in [0.1, 0.15) is 5.75 Å². The molecule has 4 rings (SSSR count). The number of fused-ring (bicyclic) bond motifs is 1. The molecule has 0 aliphatic carbocycles. The number of rotatable bonds is 9. The van der Waals surface area contributed by atoms with E-state index in [1.165, 1.54) is 37.4 Å². The first-order valence-electron chi connectivity index (χ1n) is 12.0. The van der Waals surface area contributed by atoms with E-state index in [0.717, 1.165) is 11.6 Å². The first kappa shape index (κ1) is 27.3. The van der Waals surface area contributed by atoms with E-state index in [0.29, 0.717) is 28.2 Å². The number of hydrogen-bond acceptors (Lipinski definition) is 7. The number of hydrogen-bond donors (Lipinski definition) is 1. The lowest BCUT2D eigenvalue weighted by Crippen LogP contribution is -2.44. The van der Waals surface area contributed by atoms with Crippen molar-refractivity contribution in [3.05, 3.63) is 84.3 Å². The van der Waals surface area contributed by atoms with E-state index >= 15 is 4.39 Å². The van der Waals surface area contributed by atoms with Gasteiger partial charge in [-0.05, 0) is 43.9 Å². The van der Waals surface area contributed by atoms with Crippen LogP contribution >= 0.6 is 0 Å². The van der Waals surface area contributed by atoms with E-state index in [1.54, 1.807) is 18.2 Å². The maximum atomic E-state index is 15.4. The second kappa shape index (κ2) is 11.8. The van der Waals surface area contributed by atoms with Crippen LogP contribution in [0.3, 0.4) is 0 Å². The molecule has 202 valence electrons. The topological polar surface area (TPSA) is 107 Å². The van der Waals surface area contributed by atoms with E-state index in [-0.39, 0.29) is 24.0 Å². The molecule has 4 aromatic rings. The van der Waals surface area contributed by atoms with Crippen LogP contribution in [-0.4, -0.2) is 56.6 Å². The maximum Gasteiger partial charge on any atom is 0.316 e. The molecule has 0 spiro atoms. The summed E-state index contributed by atoms with van der Waals surface area (Å²) in [5.74, 6) is -1.61. The molecule has 0 bridgehead atoms. The number of ether oxygens (including phenoxy) is 3. The molecule has 9 nitrogen and oxygen atoms in total. The minimum atomic E-state index is -1.14. The van der Waals surface area contributed by atoms with Gasteiger partial charge in [-0.1, -0.05) is 30.3 Å². The summed E-state index contributed by atoms with van der Waals surface area (Å²) in [7, 11) is 6.74. The molecule has 0 fully saturated rings. The predicted octanol–water partition coefficient (Wildman–Crippen LogP) is 4.30. The highest BCUT2D eigenvalue weighted by molar-refractivity contribution is 6.39. The number of pyridine rings is 1. The van der Waals surface area contributed by atoms with Gasteiger partial charge in [0.05, 0.1) is 25.8 Å². The minimum absolute atomic E-state index is 0.0645. The zero-order valence-electron chi connectivity index (χ0n) is 22.1. The summed E-state index contributed by atoms with van der Waals surface area (Å²) in [5.41, 5.74) is 6.99. The molecular weight excluding hydrogens is 503 g/mol. The molecule has 1 heterocycles. The fourth-order valence-corrected chi connectivity index (χ4v) is 4.25. The summed E-state index contributed by atoms with van der Waals surface area (Å²) in [6.07, 6.45) is 1.54. The van der Waals surface area contributed by atoms with E-state index in [2.05, 4.69) is 4.98 Å². The van der Waals surface area contributed by atoms with E-state index in [9.17, 15) is 9.59 Å². The van der Waals surface area contributed by atoms with Crippen LogP contribution in [-0.2, 0) is 9.59 Å². The van der Waals surface area contributed by atoms with E-state index < -0.39 is 17.6 Å². The first-order chi connectivity index (χ1) is 18.7. The third-order valence-electron chi connectivity index (χ3n) is 6.27. The minimum Gasteiger partial charge on any atom is -0.493 e. The summed E-state index contributed by atoms with van der Waals surface area (Å²) in [6.45, 7) is 0.0645. The third-order valence-corrected chi connectivity index (χ3v) is 6.27. The summed E-state index contributed by atoms with van der Waals surface area (Å²) >= 11 is 0. The second-order valence-electron chi connectivity index (χ2n) is 8.92. The number of carbonyl (C=O) groups is 2. The molecule has 10 heteroatoms. The lowest BCUT2D eigenvalue weighted by molar-refractivity contribution is -0.135. The Labute approximate surface area is 225 Å². The van der Waals surface area contributed by atoms with Crippen molar-refractivity contribution < 1.29 is 28.2 Å². The van der Waals surface area contributed by atoms with Crippen LogP contribution in [0, 0.1) is 5.82 Å². The van der Waals surface area contributed by atoms with Gasteiger partial charge in [-0.15, -0.1) is 0 Å². The second-order valence-corrected chi connectivity index (χ2v) is 8.92. The van der Waals surface area contributed by atoms with Crippen LogP contribution in [0.25, 0.3) is 10.9 Å². The summed E-state index contributed by atoms with van der Waals surface area (Å²) in [4.78, 5) is 32.1. The number of aromatic nitrogens is 1. The van der Waals surface area contributed by atoms with Gasteiger partial charge in [0.2, 0.25) is 0 Å². The molecule has 0 aliphatic heterocycles. The van der Waals surface area contributed by atoms with Crippen molar-refractivity contribution in [2.45, 2.75) is 6.04 Å². The van der Waals surface area contributed by atoms with Gasteiger partial charge < -0.3 is 29.7 Å². The molecule has 2 amide bonds. The van der Waals surface area contributed by atoms with Gasteiger partial charge in [0.15, 0.2) is 23.1 Å². The van der Waals surface area contributed by atoms with Gasteiger partial charge >= 0.3 is 11.8 Å². The highest BCUT2D eigenvalue weighted by Crippen LogP contribution is 2.38. The molecule has 1 unspecified atom stereocenters. The Morgan fingerprint density at radius 2 is 1.62 bits per heavy atom. The number of amides is 2. The fraction of sp³-hybridized carbons (Fsp3) is 0.207. The number of primary amides is 1. The van der Waals surface area contributed by atoms with Crippen LogP contribution in [0.15, 0.2) is 72.9 Å². The Morgan fingerprint density at radius 3 is 2.23 bits per heavy atom. The molecule has 1 aromatic heterocycles. The van der Waals surface area contributed by atoms with E-state index in [1.807, 2.05) is 49.3 Å². The molecule has 0 aliphatic rings. The molecule has 1 atom stereocenters. The van der Waals surface area contributed by atoms with Crippen molar-refractivity contribution in [2.75, 3.05) is 39.8 Å². The van der Waals surface area contributed by atoms with Gasteiger partial charge in [0, 0.05) is 35.9 Å². The number of carbonyl (C=O) groups excluding carboxylic acids is 2. The summed E-state index contributed by atoms with van der Waals surface area (Å²) in [5, 5.41) is 0.584. The van der Waals surface area contributed by atoms with E-state index in [4.69, 9.17) is 19.9 Å². The number of likely N-dealkylation sites (N-methyl/N-ethyl adjacent to an activating group) is 1. The quantitative estimate of drug-likeness (QED) is 0.320. The van der Waals surface area contributed by atoms with Crippen molar-refractivity contribution in [3.8, 4) is 23.0 Å². The van der Waals surface area contributed by atoms with Crippen molar-refractivity contribution in [1.29, 1.82) is 0 Å². The van der Waals surface area contributed by atoms with Crippen molar-refractivity contribution in [2.24, 2.45) is 5.73 Å². The van der Waals surface area contributed by atoms with Crippen LogP contribution < -0.4 is 24.8 Å². The Hall–Kier alpha value is -4.70. The number of benzene rings is 3. The SMILES string of the molecule is COc1cc2nccc(Oc3ccc(N(CC(c4ccccc4)N(C)C)C(=O)C(N)=O)cc3F)c2cc1OC. The Kier molecular flexibility index (Phi) is 8.26. The molecular formula is C29H29FN4O5. The number of nitrogens with two attached hydrogens (primary N) is 1. The third kappa shape index (κ3) is 5.91. The lowest BCUT2D eigenvalue weighted by Gasteiger charge is -2.31. The molecule has 0 saturated carbocycles. The number of methoxy groups -OCH3 is 2. The standard InChI is InChI=1S/C29H29FN4O5/c1-33(2)23(18-8-6-5-7-9-18)17-34(29(36)28(31)35)19-10-11-25(21(30)14-19)39-24-12-13-32-22-16-27(38-4)26(37-3)15-20(22)24/h5-16,23H,17H2,1-4H3,(H2,31,35). The average molecular weight is 533 g/mol. The van der Waals surface area contributed by atoms with Gasteiger partial charge in [-0.25, -0.2) is 4.39 Å². The van der Waals surface area contributed by atoms with Crippen molar-refractivity contribution in [1.82, 2.24) is 9.88 Å². The lowest BCUT2D eigenvalue weighted by atomic mass is 10.0. The summed E-state index contributed by atoms with van der Waals surface area (Å²) in [6, 6.07) is 18.2. The maximum absolute atomic E-state index is 15.4. The van der Waals surface area contributed by atoms with Crippen LogP contribution in [0.5, 0.6) is 23.0 Å². The van der Waals surface area contributed by atoms with Gasteiger partial charge in [-0.3, -0.25) is 14.6 Å². The smallest absolute Gasteiger partial charge is 0.316 e. The highest BCUT2D eigenvalue weighted by Gasteiger charge is 2.27. The Bertz CT molecular complexity index is 1500. The largest absolute Gasteiger partial charge is 0.493 e. The highest BCUT2D eigenvalue weighted by atomic mass is 19.1. The number of anilines is 1. The molecule has 0 radical (unpaired) electrons. The monoisotopic (exact) mass is 532 g/mol. The predicted molar refractivity (Wildman–Crippen MR) is 146 cm³/mol. The Balaban J connectivity index is 1.68. The molecule has 2 N–H and O–H groups in total. The van der Waals surface area contributed by atoms with Gasteiger partial charge in [-0.2, -0.15) is 0 Å². The average Bonchev–Trinajstić information content (AvgIpc) is 2.94. The fourth-order valence-electron chi connectivity index (χ4n) is 4.25. The zero-order chi connectivity index (χ0) is 28.1. The van der Waals surface area contributed by atoms with Gasteiger partial charge in [0.25, 0.3) is 0 Å². The summed E-state index contributed by atoms with van der Waals surface area (Å²) < 4.78 is 32.0. The first-order valence-corrected chi connectivity index (χ1v) is 12.0. The molecule has 0 saturated heterocycles. The normalized spacial score (nSPS) is 11.7. The number of halogens is 1.